The molecular formula is C24H21BrCl2N2O4. The van der Waals surface area contributed by atoms with Crippen LogP contribution in [0.3, 0.4) is 0 Å². The molecule has 2 aromatic carbocycles. The van der Waals surface area contributed by atoms with Crippen LogP contribution in [-0.4, -0.2) is 40.1 Å². The first kappa shape index (κ1) is 23.9. The first-order valence-electron chi connectivity index (χ1n) is 10.6. The quantitative estimate of drug-likeness (QED) is 0.367. The number of hydrogen-bond donors (Lipinski definition) is 0. The lowest BCUT2D eigenvalue weighted by Crippen LogP contribution is -2.52. The van der Waals surface area contributed by atoms with E-state index in [1.165, 1.54) is 18.2 Å². The number of ketones is 1. The number of hydrazine groups is 1. The predicted molar refractivity (Wildman–Crippen MR) is 128 cm³/mol. The lowest BCUT2D eigenvalue weighted by molar-refractivity contribution is -0.154. The van der Waals surface area contributed by atoms with Crippen molar-refractivity contribution in [1.82, 2.24) is 10.0 Å². The van der Waals surface area contributed by atoms with Crippen LogP contribution in [0.4, 0.5) is 0 Å². The third kappa shape index (κ3) is 4.72. The van der Waals surface area contributed by atoms with Gasteiger partial charge in [-0.3, -0.25) is 19.2 Å². The smallest absolute Gasteiger partial charge is 0.274 e. The fourth-order valence-corrected chi connectivity index (χ4v) is 5.26. The van der Waals surface area contributed by atoms with Crippen LogP contribution in [0.25, 0.3) is 0 Å². The van der Waals surface area contributed by atoms with Crippen LogP contribution in [0.1, 0.15) is 46.9 Å². The molecular weight excluding hydrogens is 531 g/mol. The van der Waals surface area contributed by atoms with E-state index in [0.29, 0.717) is 29.3 Å². The second kappa shape index (κ2) is 9.57. The highest BCUT2D eigenvalue weighted by Crippen LogP contribution is 2.41. The van der Waals surface area contributed by atoms with E-state index in [1.54, 1.807) is 24.3 Å². The number of nitrogens with zero attached hydrogens (tertiary/aromatic N) is 2. The minimum Gasteiger partial charge on any atom is -0.292 e. The van der Waals surface area contributed by atoms with Gasteiger partial charge in [-0.15, -0.1) is 0 Å². The van der Waals surface area contributed by atoms with Gasteiger partial charge in [-0.2, -0.15) is 5.01 Å². The van der Waals surface area contributed by atoms with Gasteiger partial charge in [0.1, 0.15) is 6.54 Å². The van der Waals surface area contributed by atoms with Crippen LogP contribution in [0.15, 0.2) is 46.9 Å². The summed E-state index contributed by atoms with van der Waals surface area (Å²) in [6.45, 7) is 1.57. The fraction of sp³-hybridized carbons (Fsp3) is 0.333. The van der Waals surface area contributed by atoms with Crippen molar-refractivity contribution in [3.8, 4) is 0 Å². The number of benzene rings is 2. The van der Waals surface area contributed by atoms with Crippen LogP contribution in [0.2, 0.25) is 10.0 Å². The molecule has 6 nitrogen and oxygen atoms in total. The maximum Gasteiger partial charge on any atom is 0.274 e. The SMILES string of the molecule is C[C@@H]1CC[C@@H]2C(=O)N(N(CC(=O)c3ccc(Br)cc3)C(=O)c3ccc(Cl)cc3Cl)C(=O)[C@@H]2C1. The summed E-state index contributed by atoms with van der Waals surface area (Å²) in [5, 5.41) is 2.21. The van der Waals surface area contributed by atoms with E-state index in [9.17, 15) is 19.2 Å². The highest BCUT2D eigenvalue weighted by Gasteiger charge is 2.53. The summed E-state index contributed by atoms with van der Waals surface area (Å²) in [6, 6.07) is 10.9. The number of Topliss-reactive ketones (excluding diaryl/α,β-unsaturated/α-hetero) is 1. The Labute approximate surface area is 209 Å². The standard InChI is InChI=1S/C24H21BrCl2N2O4/c1-13-2-8-17-19(10-13)24(33)29(23(17)32)28(12-21(30)14-3-5-15(25)6-4-14)22(31)18-9-7-16(26)11-20(18)27/h3-7,9,11,13,17,19H,2,8,10,12H2,1H3/t13-,17+,19-/m1/s1. The molecule has 0 spiro atoms. The molecule has 3 atom stereocenters. The van der Waals surface area contributed by atoms with Gasteiger partial charge in [-0.1, -0.05) is 58.2 Å². The largest absolute Gasteiger partial charge is 0.292 e. The molecule has 3 amide bonds. The lowest BCUT2D eigenvalue weighted by Gasteiger charge is -2.30. The number of rotatable bonds is 5. The van der Waals surface area contributed by atoms with Crippen LogP contribution < -0.4 is 0 Å². The second-order valence-electron chi connectivity index (χ2n) is 8.54. The van der Waals surface area contributed by atoms with Crippen molar-refractivity contribution in [1.29, 1.82) is 0 Å². The van der Waals surface area contributed by atoms with Gasteiger partial charge < -0.3 is 0 Å². The van der Waals surface area contributed by atoms with Gasteiger partial charge in [0.25, 0.3) is 17.7 Å². The average molecular weight is 552 g/mol. The Balaban J connectivity index is 1.71. The molecule has 1 saturated carbocycles. The van der Waals surface area contributed by atoms with Crippen LogP contribution in [-0.2, 0) is 9.59 Å². The summed E-state index contributed by atoms with van der Waals surface area (Å²) in [5.74, 6) is -2.67. The maximum atomic E-state index is 13.5. The monoisotopic (exact) mass is 550 g/mol. The first-order chi connectivity index (χ1) is 15.7. The number of hydrogen-bond acceptors (Lipinski definition) is 4. The molecule has 0 N–H and O–H groups in total. The summed E-state index contributed by atoms with van der Waals surface area (Å²) in [6.07, 6.45) is 2.00. The molecule has 1 saturated heterocycles. The molecule has 0 aromatic heterocycles. The molecule has 0 radical (unpaired) electrons. The van der Waals surface area contributed by atoms with E-state index < -0.39 is 41.9 Å². The molecule has 4 rings (SSSR count). The van der Waals surface area contributed by atoms with E-state index in [4.69, 9.17) is 23.2 Å². The zero-order chi connectivity index (χ0) is 23.9. The molecule has 9 heteroatoms. The van der Waals surface area contributed by atoms with E-state index in [2.05, 4.69) is 15.9 Å². The topological polar surface area (TPSA) is 74.8 Å². The van der Waals surface area contributed by atoms with Crippen molar-refractivity contribution in [2.24, 2.45) is 17.8 Å². The molecule has 172 valence electrons. The van der Waals surface area contributed by atoms with Crippen molar-refractivity contribution in [3.63, 3.8) is 0 Å². The molecule has 0 bridgehead atoms. The molecule has 2 aliphatic rings. The van der Waals surface area contributed by atoms with Crippen molar-refractivity contribution in [3.05, 3.63) is 68.1 Å². The third-order valence-corrected chi connectivity index (χ3v) is 7.34. The van der Waals surface area contributed by atoms with Crippen LogP contribution in [0.5, 0.6) is 0 Å². The zero-order valence-corrected chi connectivity index (χ0v) is 20.9. The summed E-state index contributed by atoms with van der Waals surface area (Å²) in [4.78, 5) is 53.2. The van der Waals surface area contributed by atoms with Gasteiger partial charge in [-0.05, 0) is 55.5 Å². The number of halogens is 3. The maximum absolute atomic E-state index is 13.5. The van der Waals surface area contributed by atoms with E-state index in [0.717, 1.165) is 20.9 Å². The lowest BCUT2D eigenvalue weighted by atomic mass is 9.76. The van der Waals surface area contributed by atoms with Crippen molar-refractivity contribution < 1.29 is 19.2 Å². The fourth-order valence-electron chi connectivity index (χ4n) is 4.51. The number of carbonyl (C=O) groups is 4. The summed E-state index contributed by atoms with van der Waals surface area (Å²) < 4.78 is 0.794. The van der Waals surface area contributed by atoms with Gasteiger partial charge in [-0.25, -0.2) is 5.01 Å². The normalized spacial score (nSPS) is 22.3. The van der Waals surface area contributed by atoms with E-state index in [1.807, 2.05) is 6.92 Å². The minimum atomic E-state index is -0.712. The molecule has 2 aromatic rings. The van der Waals surface area contributed by atoms with E-state index >= 15 is 0 Å². The molecule has 0 unspecified atom stereocenters. The molecule has 33 heavy (non-hydrogen) atoms. The Morgan fingerprint density at radius 2 is 1.70 bits per heavy atom. The van der Waals surface area contributed by atoms with E-state index in [-0.39, 0.29) is 10.6 Å². The Morgan fingerprint density at radius 1 is 1.03 bits per heavy atom. The number of fused-ring (bicyclic) bond motifs is 1. The molecule has 1 heterocycles. The average Bonchev–Trinajstić information content (AvgIpc) is 3.01. The van der Waals surface area contributed by atoms with Gasteiger partial charge in [0.15, 0.2) is 5.78 Å². The van der Waals surface area contributed by atoms with Gasteiger partial charge >= 0.3 is 0 Å². The number of imide groups is 1. The summed E-state index contributed by atoms with van der Waals surface area (Å²) in [5.41, 5.74) is 0.400. The summed E-state index contributed by atoms with van der Waals surface area (Å²) in [7, 11) is 0. The van der Waals surface area contributed by atoms with Crippen molar-refractivity contribution >= 4 is 62.6 Å². The van der Waals surface area contributed by atoms with Crippen LogP contribution >= 0.6 is 39.1 Å². The minimum absolute atomic E-state index is 0.0495. The number of amides is 3. The van der Waals surface area contributed by atoms with Gasteiger partial charge in [0.05, 0.1) is 22.4 Å². The highest BCUT2D eigenvalue weighted by atomic mass is 79.9. The molecule has 1 aliphatic carbocycles. The molecule has 2 fully saturated rings. The van der Waals surface area contributed by atoms with Gasteiger partial charge in [0, 0.05) is 15.1 Å². The Morgan fingerprint density at radius 3 is 2.36 bits per heavy atom. The third-order valence-electron chi connectivity index (χ3n) is 6.26. The Kier molecular flexibility index (Phi) is 6.93. The summed E-state index contributed by atoms with van der Waals surface area (Å²) >= 11 is 15.5. The van der Waals surface area contributed by atoms with Gasteiger partial charge in [0.2, 0.25) is 0 Å². The van der Waals surface area contributed by atoms with Crippen molar-refractivity contribution in [2.45, 2.75) is 26.2 Å². The predicted octanol–water partition coefficient (Wildman–Crippen LogP) is 5.42. The van der Waals surface area contributed by atoms with Crippen LogP contribution in [0, 0.1) is 17.8 Å². The Hall–Kier alpha value is -2.22. The highest BCUT2D eigenvalue weighted by molar-refractivity contribution is 9.10. The molecule has 1 aliphatic heterocycles. The second-order valence-corrected chi connectivity index (χ2v) is 10.3. The zero-order valence-electron chi connectivity index (χ0n) is 17.8. The van der Waals surface area contributed by atoms with Crippen molar-refractivity contribution in [2.75, 3.05) is 6.54 Å². The first-order valence-corrected chi connectivity index (χ1v) is 12.2. The number of carbonyl (C=O) groups excluding carboxylic acids is 4. The Bertz CT molecular complexity index is 1140.